The molecular formula is C28H18F4N2O3S. The topological polar surface area (TPSA) is 70.5 Å². The highest BCUT2D eigenvalue weighted by atomic mass is 32.1. The number of hydrogen-bond donors (Lipinski definition) is 1. The van der Waals surface area contributed by atoms with Crippen LogP contribution in [0.1, 0.15) is 32.5 Å². The monoisotopic (exact) mass is 538 g/mol. The number of aryl methyl sites for hydroxylation is 1. The van der Waals surface area contributed by atoms with Gasteiger partial charge in [-0.25, -0.2) is 9.37 Å². The second-order valence-corrected chi connectivity index (χ2v) is 9.54. The van der Waals surface area contributed by atoms with Crippen molar-refractivity contribution < 1.29 is 32.3 Å². The number of ketones is 1. The highest BCUT2D eigenvalue weighted by molar-refractivity contribution is 7.17. The van der Waals surface area contributed by atoms with Crippen LogP contribution in [0.5, 0.6) is 0 Å². The Labute approximate surface area is 218 Å². The maximum Gasteiger partial charge on any atom is 0.416 e. The highest BCUT2D eigenvalue weighted by Crippen LogP contribution is 2.45. The van der Waals surface area contributed by atoms with Crippen LogP contribution >= 0.6 is 11.3 Å². The number of hydrogen-bond acceptors (Lipinski definition) is 5. The van der Waals surface area contributed by atoms with Gasteiger partial charge in [-0.05, 0) is 31.2 Å². The summed E-state index contributed by atoms with van der Waals surface area (Å²) in [7, 11) is 0. The highest BCUT2D eigenvalue weighted by Gasteiger charge is 2.46. The van der Waals surface area contributed by atoms with Gasteiger partial charge in [-0.15, -0.1) is 11.3 Å². The van der Waals surface area contributed by atoms with Crippen molar-refractivity contribution >= 4 is 28.7 Å². The van der Waals surface area contributed by atoms with Crippen LogP contribution in [0.3, 0.4) is 0 Å². The number of amides is 1. The van der Waals surface area contributed by atoms with Crippen molar-refractivity contribution in [1.82, 2.24) is 4.98 Å². The van der Waals surface area contributed by atoms with Crippen LogP contribution in [-0.2, 0) is 11.0 Å². The van der Waals surface area contributed by atoms with E-state index in [0.717, 1.165) is 46.1 Å². The van der Waals surface area contributed by atoms with Gasteiger partial charge < -0.3 is 5.11 Å². The molecule has 2 heterocycles. The molecule has 0 radical (unpaired) electrons. The number of benzene rings is 3. The second kappa shape index (κ2) is 9.53. The average molecular weight is 539 g/mol. The number of aliphatic hydroxyl groups is 1. The fourth-order valence-electron chi connectivity index (χ4n) is 4.36. The number of carbonyl (C=O) groups excluding carboxylic acids is 2. The molecule has 1 amide bonds. The Bertz CT molecular complexity index is 1600. The van der Waals surface area contributed by atoms with E-state index in [1.807, 2.05) is 6.07 Å². The van der Waals surface area contributed by atoms with Gasteiger partial charge in [0.15, 0.2) is 5.76 Å². The second-order valence-electron chi connectivity index (χ2n) is 8.54. The molecule has 0 fully saturated rings. The zero-order valence-corrected chi connectivity index (χ0v) is 20.5. The SMILES string of the molecule is Cc1nc(-c2ccccc2)sc1C(=O)C1=C(O)C(=O)N(c2cccc(C(F)(F)F)c2)C1c1ccccc1F. The molecule has 1 unspecified atom stereocenters. The first-order valence-electron chi connectivity index (χ1n) is 11.3. The van der Waals surface area contributed by atoms with Gasteiger partial charge in [0.2, 0.25) is 5.78 Å². The van der Waals surface area contributed by atoms with E-state index < -0.39 is 46.6 Å². The fourth-order valence-corrected chi connectivity index (χ4v) is 5.39. The van der Waals surface area contributed by atoms with Gasteiger partial charge in [-0.3, -0.25) is 14.5 Å². The number of carbonyl (C=O) groups is 2. The number of Topliss-reactive ketones (excluding diaryl/α,β-unsaturated/α-hetero) is 1. The Balaban J connectivity index is 1.66. The van der Waals surface area contributed by atoms with E-state index in [2.05, 4.69) is 4.98 Å². The van der Waals surface area contributed by atoms with Crippen molar-refractivity contribution in [3.63, 3.8) is 0 Å². The first-order valence-corrected chi connectivity index (χ1v) is 12.2. The minimum atomic E-state index is -4.71. The molecule has 1 N–H and O–H groups in total. The molecule has 3 aromatic carbocycles. The van der Waals surface area contributed by atoms with Gasteiger partial charge >= 0.3 is 6.18 Å². The molecule has 0 aliphatic carbocycles. The van der Waals surface area contributed by atoms with Crippen LogP contribution in [0.2, 0.25) is 0 Å². The summed E-state index contributed by atoms with van der Waals surface area (Å²) in [5, 5.41) is 11.4. The molecule has 38 heavy (non-hydrogen) atoms. The third-order valence-electron chi connectivity index (χ3n) is 6.13. The number of aliphatic hydroxyl groups excluding tert-OH is 1. The lowest BCUT2D eigenvalue weighted by atomic mass is 9.94. The molecule has 1 aliphatic heterocycles. The van der Waals surface area contributed by atoms with Gasteiger partial charge in [-0.1, -0.05) is 54.6 Å². The maximum atomic E-state index is 15.1. The predicted octanol–water partition coefficient (Wildman–Crippen LogP) is 7.06. The molecule has 4 aromatic rings. The summed E-state index contributed by atoms with van der Waals surface area (Å²) in [4.78, 5) is 32.5. The van der Waals surface area contributed by atoms with E-state index in [9.17, 15) is 27.9 Å². The van der Waals surface area contributed by atoms with E-state index in [4.69, 9.17) is 0 Å². The van der Waals surface area contributed by atoms with E-state index in [-0.39, 0.29) is 16.1 Å². The Hall–Kier alpha value is -4.31. The van der Waals surface area contributed by atoms with Crippen molar-refractivity contribution in [1.29, 1.82) is 0 Å². The zero-order chi connectivity index (χ0) is 27.2. The predicted molar refractivity (Wildman–Crippen MR) is 134 cm³/mol. The molecule has 1 aromatic heterocycles. The third kappa shape index (κ3) is 4.37. The van der Waals surface area contributed by atoms with Crippen molar-refractivity contribution in [2.24, 2.45) is 0 Å². The number of rotatable bonds is 5. The van der Waals surface area contributed by atoms with Crippen molar-refractivity contribution in [2.75, 3.05) is 4.90 Å². The molecule has 0 saturated carbocycles. The van der Waals surface area contributed by atoms with Gasteiger partial charge in [0.25, 0.3) is 5.91 Å². The first kappa shape index (κ1) is 25.3. The summed E-state index contributed by atoms with van der Waals surface area (Å²) in [6.07, 6.45) is -4.71. The van der Waals surface area contributed by atoms with Crippen molar-refractivity contribution in [3.8, 4) is 10.6 Å². The molecule has 5 rings (SSSR count). The Kier molecular flexibility index (Phi) is 6.36. The molecule has 0 saturated heterocycles. The van der Waals surface area contributed by atoms with E-state index in [1.165, 1.54) is 24.3 Å². The van der Waals surface area contributed by atoms with Crippen LogP contribution in [0.4, 0.5) is 23.2 Å². The summed E-state index contributed by atoms with van der Waals surface area (Å²) in [6, 6.07) is 16.7. The smallest absolute Gasteiger partial charge is 0.416 e. The number of thiazole rings is 1. The van der Waals surface area contributed by atoms with Gasteiger partial charge in [0.1, 0.15) is 10.8 Å². The number of alkyl halides is 3. The first-order chi connectivity index (χ1) is 18.1. The summed E-state index contributed by atoms with van der Waals surface area (Å²) in [5.74, 6) is -3.65. The summed E-state index contributed by atoms with van der Waals surface area (Å²) in [6.45, 7) is 1.59. The third-order valence-corrected chi connectivity index (χ3v) is 7.33. The summed E-state index contributed by atoms with van der Waals surface area (Å²) < 4.78 is 55.4. The number of halogens is 4. The summed E-state index contributed by atoms with van der Waals surface area (Å²) in [5.41, 5.74) is -0.813. The molecule has 1 atom stereocenters. The Morgan fingerprint density at radius 1 is 1.00 bits per heavy atom. The van der Waals surface area contributed by atoms with Crippen molar-refractivity contribution in [2.45, 2.75) is 19.1 Å². The molecule has 0 bridgehead atoms. The van der Waals surface area contributed by atoms with Gasteiger partial charge in [0.05, 0.1) is 27.7 Å². The average Bonchev–Trinajstić information content (AvgIpc) is 3.41. The fraction of sp³-hybridized carbons (Fsp3) is 0.107. The molecule has 1 aliphatic rings. The van der Waals surface area contributed by atoms with E-state index in [1.54, 1.807) is 31.2 Å². The van der Waals surface area contributed by atoms with Gasteiger partial charge in [-0.2, -0.15) is 13.2 Å². The largest absolute Gasteiger partial charge is 0.503 e. The number of aromatic nitrogens is 1. The zero-order valence-electron chi connectivity index (χ0n) is 19.7. The normalized spacial score (nSPS) is 15.9. The standard InChI is InChI=1S/C28H18F4N2O3S/c1-15-25(38-26(33-15)16-8-3-2-4-9-16)23(35)21-22(19-12-5-6-13-20(19)29)34(27(37)24(21)36)18-11-7-10-17(14-18)28(30,31)32/h2-14,22,36H,1H3. The minimum Gasteiger partial charge on any atom is -0.503 e. The Morgan fingerprint density at radius 3 is 2.37 bits per heavy atom. The lowest BCUT2D eigenvalue weighted by molar-refractivity contribution is -0.137. The van der Waals surface area contributed by atoms with Crippen LogP contribution in [0.15, 0.2) is 90.2 Å². The molecular weight excluding hydrogens is 520 g/mol. The maximum absolute atomic E-state index is 15.1. The van der Waals surface area contributed by atoms with Crippen LogP contribution < -0.4 is 4.90 Å². The van der Waals surface area contributed by atoms with E-state index >= 15 is 4.39 Å². The summed E-state index contributed by atoms with van der Waals surface area (Å²) >= 11 is 1.04. The van der Waals surface area contributed by atoms with E-state index in [0.29, 0.717) is 10.7 Å². The Morgan fingerprint density at radius 2 is 1.68 bits per heavy atom. The van der Waals surface area contributed by atoms with Crippen LogP contribution in [0, 0.1) is 12.7 Å². The van der Waals surface area contributed by atoms with Crippen LogP contribution in [0.25, 0.3) is 10.6 Å². The molecule has 192 valence electrons. The lowest BCUT2D eigenvalue weighted by Crippen LogP contribution is -2.31. The molecule has 10 heteroatoms. The molecule has 5 nitrogen and oxygen atoms in total. The number of anilines is 1. The van der Waals surface area contributed by atoms with Crippen molar-refractivity contribution in [3.05, 3.63) is 118 Å². The molecule has 0 spiro atoms. The van der Waals surface area contributed by atoms with Crippen LogP contribution in [-0.4, -0.2) is 21.8 Å². The van der Waals surface area contributed by atoms with Gasteiger partial charge in [0, 0.05) is 16.8 Å². The lowest BCUT2D eigenvalue weighted by Gasteiger charge is -2.27. The quantitative estimate of drug-likeness (QED) is 0.218. The minimum absolute atomic E-state index is 0.116. The number of nitrogens with zero attached hydrogens (tertiary/aromatic N) is 2.